The lowest BCUT2D eigenvalue weighted by Gasteiger charge is -2.23. The van der Waals surface area contributed by atoms with Gasteiger partial charge in [0.1, 0.15) is 17.6 Å². The first-order valence-corrected chi connectivity index (χ1v) is 9.95. The number of hydrogen-bond donors (Lipinski definition) is 2. The molecule has 1 aromatic carbocycles. The van der Waals surface area contributed by atoms with Crippen molar-refractivity contribution >= 4 is 17.0 Å². The maximum absolute atomic E-state index is 14.9. The number of ether oxygens (including phenoxy) is 1. The van der Waals surface area contributed by atoms with Gasteiger partial charge in [0.25, 0.3) is 0 Å². The highest BCUT2D eigenvalue weighted by Gasteiger charge is 2.25. The van der Waals surface area contributed by atoms with Crippen molar-refractivity contribution in [1.82, 2.24) is 29.4 Å². The zero-order chi connectivity index (χ0) is 21.4. The van der Waals surface area contributed by atoms with Crippen molar-refractivity contribution < 1.29 is 9.13 Å². The third-order valence-corrected chi connectivity index (χ3v) is 5.41. The predicted octanol–water partition coefficient (Wildman–Crippen LogP) is 2.42. The number of halogens is 1. The Morgan fingerprint density at radius 3 is 2.65 bits per heavy atom. The maximum atomic E-state index is 14.9. The topological polar surface area (TPSA) is 113 Å². The van der Waals surface area contributed by atoms with Gasteiger partial charge >= 0.3 is 5.69 Å². The average Bonchev–Trinajstić information content (AvgIpc) is 3.09. The van der Waals surface area contributed by atoms with Crippen LogP contribution in [-0.2, 0) is 0 Å². The highest BCUT2D eigenvalue weighted by Crippen LogP contribution is 2.29. The van der Waals surface area contributed by atoms with Crippen LogP contribution in [0, 0.1) is 5.82 Å². The number of rotatable bonds is 4. The summed E-state index contributed by atoms with van der Waals surface area (Å²) in [6.07, 6.45) is 6.02. The maximum Gasteiger partial charge on any atom is 0.335 e. The van der Waals surface area contributed by atoms with Gasteiger partial charge in [-0.25, -0.2) is 19.2 Å². The number of nitrogens with zero attached hydrogens (tertiary/aromatic N) is 5. The smallest absolute Gasteiger partial charge is 0.335 e. The number of anilines is 1. The van der Waals surface area contributed by atoms with Gasteiger partial charge in [-0.3, -0.25) is 14.1 Å². The van der Waals surface area contributed by atoms with E-state index in [1.54, 1.807) is 35.2 Å². The zero-order valence-electron chi connectivity index (χ0n) is 16.5. The Bertz CT molecular complexity index is 1300. The molecule has 0 bridgehead atoms. The van der Waals surface area contributed by atoms with Crippen LogP contribution in [0.3, 0.4) is 0 Å². The first kappa shape index (κ1) is 19.2. The summed E-state index contributed by atoms with van der Waals surface area (Å²) in [5.74, 6) is 0.0417. The molecular weight excluding hydrogens is 401 g/mol. The molecule has 1 saturated heterocycles. The summed E-state index contributed by atoms with van der Waals surface area (Å²) in [7, 11) is 0. The second kappa shape index (κ2) is 7.80. The van der Waals surface area contributed by atoms with E-state index in [9.17, 15) is 9.18 Å². The molecule has 10 heteroatoms. The van der Waals surface area contributed by atoms with Gasteiger partial charge in [0.05, 0.1) is 5.69 Å². The molecule has 1 fully saturated rings. The summed E-state index contributed by atoms with van der Waals surface area (Å²) in [6.45, 7) is 1.61. The third kappa shape index (κ3) is 3.40. The number of nitrogen functional groups attached to an aromatic ring is 1. The fraction of sp³-hybridized carbons (Fsp3) is 0.238. The molecule has 0 aliphatic carbocycles. The number of imidazole rings is 1. The van der Waals surface area contributed by atoms with Crippen LogP contribution in [0.15, 0.2) is 53.8 Å². The Balaban J connectivity index is 1.62. The lowest BCUT2D eigenvalue weighted by molar-refractivity contribution is 0.366. The van der Waals surface area contributed by atoms with Gasteiger partial charge in [0, 0.05) is 24.5 Å². The van der Waals surface area contributed by atoms with Gasteiger partial charge in [-0.05, 0) is 50.2 Å². The van der Waals surface area contributed by atoms with E-state index in [1.807, 2.05) is 0 Å². The van der Waals surface area contributed by atoms with Crippen molar-refractivity contribution in [3.05, 3.63) is 65.4 Å². The van der Waals surface area contributed by atoms with Crippen molar-refractivity contribution in [1.29, 1.82) is 0 Å². The molecule has 0 saturated carbocycles. The summed E-state index contributed by atoms with van der Waals surface area (Å²) in [6, 6.07) is 7.57. The van der Waals surface area contributed by atoms with Crippen molar-refractivity contribution in [2.75, 3.05) is 18.8 Å². The van der Waals surface area contributed by atoms with Gasteiger partial charge in [-0.15, -0.1) is 0 Å². The van der Waals surface area contributed by atoms with E-state index in [0.29, 0.717) is 22.6 Å². The van der Waals surface area contributed by atoms with Crippen molar-refractivity contribution in [3.63, 3.8) is 0 Å². The van der Waals surface area contributed by atoms with Crippen LogP contribution in [0.25, 0.3) is 16.9 Å². The second-order valence-corrected chi connectivity index (χ2v) is 7.30. The summed E-state index contributed by atoms with van der Waals surface area (Å²) in [5, 5.41) is 3.29. The largest absolute Gasteiger partial charge is 0.454 e. The normalized spacial score (nSPS) is 14.7. The number of fused-ring (bicyclic) bond motifs is 1. The molecular formula is C21H20FN7O2. The Hall–Kier alpha value is -3.79. The van der Waals surface area contributed by atoms with E-state index in [2.05, 4.69) is 20.3 Å². The van der Waals surface area contributed by atoms with Gasteiger partial charge in [0.2, 0.25) is 0 Å². The lowest BCUT2D eigenvalue weighted by atomic mass is 10.1. The monoisotopic (exact) mass is 421 g/mol. The minimum Gasteiger partial charge on any atom is -0.454 e. The predicted molar refractivity (Wildman–Crippen MR) is 113 cm³/mol. The molecule has 4 aromatic rings. The quantitative estimate of drug-likeness (QED) is 0.520. The fourth-order valence-electron chi connectivity index (χ4n) is 3.95. The first-order valence-electron chi connectivity index (χ1n) is 9.95. The van der Waals surface area contributed by atoms with E-state index in [-0.39, 0.29) is 23.3 Å². The Morgan fingerprint density at radius 1 is 1.13 bits per heavy atom. The molecule has 5 rings (SSSR count). The molecule has 0 atom stereocenters. The summed E-state index contributed by atoms with van der Waals surface area (Å²) < 4.78 is 23.5. The number of aromatic nitrogens is 5. The molecule has 3 aromatic heterocycles. The van der Waals surface area contributed by atoms with Crippen LogP contribution in [0.2, 0.25) is 0 Å². The zero-order valence-corrected chi connectivity index (χ0v) is 16.5. The summed E-state index contributed by atoms with van der Waals surface area (Å²) in [4.78, 5) is 25.7. The van der Waals surface area contributed by atoms with E-state index in [0.717, 1.165) is 25.9 Å². The molecule has 31 heavy (non-hydrogen) atoms. The number of hydrogen-bond acceptors (Lipinski definition) is 7. The minimum absolute atomic E-state index is 0.0223. The molecule has 0 amide bonds. The molecule has 4 heterocycles. The van der Waals surface area contributed by atoms with Gasteiger partial charge in [-0.1, -0.05) is 0 Å². The van der Waals surface area contributed by atoms with Crippen LogP contribution in [0.1, 0.15) is 18.9 Å². The van der Waals surface area contributed by atoms with Crippen LogP contribution < -0.4 is 21.5 Å². The lowest BCUT2D eigenvalue weighted by Crippen LogP contribution is -2.34. The molecule has 1 aliphatic rings. The fourth-order valence-corrected chi connectivity index (χ4v) is 3.95. The number of piperidine rings is 1. The first-order chi connectivity index (χ1) is 15.1. The van der Waals surface area contributed by atoms with E-state index in [1.165, 1.54) is 23.0 Å². The number of nitrogens with two attached hydrogens (primary N) is 1. The highest BCUT2D eigenvalue weighted by atomic mass is 19.1. The van der Waals surface area contributed by atoms with Gasteiger partial charge < -0.3 is 15.8 Å². The highest BCUT2D eigenvalue weighted by molar-refractivity contribution is 5.84. The van der Waals surface area contributed by atoms with Crippen LogP contribution >= 0.6 is 0 Å². The van der Waals surface area contributed by atoms with Gasteiger partial charge in [0.15, 0.2) is 23.0 Å². The molecule has 1 aliphatic heterocycles. The Kier molecular flexibility index (Phi) is 4.83. The minimum atomic E-state index is -0.612. The van der Waals surface area contributed by atoms with E-state index < -0.39 is 5.82 Å². The second-order valence-electron chi connectivity index (χ2n) is 7.30. The SMILES string of the molecule is Nc1ncnc2c1n(-c1ccc(Oc3ccncc3)c(F)c1)c(=O)n2C1CCNCC1. The third-order valence-electron chi connectivity index (χ3n) is 5.41. The van der Waals surface area contributed by atoms with Crippen molar-refractivity contribution in [2.24, 2.45) is 0 Å². The van der Waals surface area contributed by atoms with Crippen molar-refractivity contribution in [3.8, 4) is 17.2 Å². The number of benzene rings is 1. The number of pyridine rings is 1. The summed E-state index contributed by atoms with van der Waals surface area (Å²) >= 11 is 0. The van der Waals surface area contributed by atoms with Crippen LogP contribution in [-0.4, -0.2) is 37.2 Å². The Labute approximate surface area is 176 Å². The molecule has 158 valence electrons. The molecule has 0 radical (unpaired) electrons. The summed E-state index contributed by atoms with van der Waals surface area (Å²) in [5.41, 5.74) is 6.93. The van der Waals surface area contributed by atoms with Gasteiger partial charge in [-0.2, -0.15) is 0 Å². The molecule has 0 unspecified atom stereocenters. The number of nitrogens with one attached hydrogen (secondary N) is 1. The molecule has 0 spiro atoms. The van der Waals surface area contributed by atoms with E-state index >= 15 is 0 Å². The van der Waals surface area contributed by atoms with Crippen molar-refractivity contribution in [2.45, 2.75) is 18.9 Å². The Morgan fingerprint density at radius 2 is 1.90 bits per heavy atom. The average molecular weight is 421 g/mol. The van der Waals surface area contributed by atoms with E-state index in [4.69, 9.17) is 10.5 Å². The standard InChI is InChI=1S/C21H20FN7O2/c22-16-11-14(1-2-17(16)31-15-5-9-25-10-6-15)28-18-19(23)26-12-27-20(18)29(21(28)30)13-3-7-24-8-4-13/h1-2,5-6,9-13,24H,3-4,7-8H2,(H2,23,26,27). The van der Waals surface area contributed by atoms with Crippen LogP contribution in [0.4, 0.5) is 10.2 Å². The van der Waals surface area contributed by atoms with Crippen LogP contribution in [0.5, 0.6) is 11.5 Å². The molecule has 9 nitrogen and oxygen atoms in total. The molecule has 3 N–H and O–H groups in total.